The Morgan fingerprint density at radius 2 is 1.04 bits per heavy atom. The van der Waals surface area contributed by atoms with Crippen LogP contribution in [0.4, 0.5) is 0 Å². The Balaban J connectivity index is 1.13. The first-order chi connectivity index (χ1) is 25.7. The van der Waals surface area contributed by atoms with E-state index in [2.05, 4.69) is 140 Å². The maximum atomic E-state index is 6.13. The molecule has 0 fully saturated rings. The molecule has 0 aliphatic heterocycles. The third-order valence-electron chi connectivity index (χ3n) is 9.56. The summed E-state index contributed by atoms with van der Waals surface area (Å²) in [6.07, 6.45) is 0. The van der Waals surface area contributed by atoms with E-state index in [-0.39, 0.29) is 0 Å². The second-order valence-corrected chi connectivity index (χ2v) is 13.9. The molecule has 52 heavy (non-hydrogen) atoms. The van der Waals surface area contributed by atoms with Crippen LogP contribution in [0, 0.1) is 0 Å². The van der Waals surface area contributed by atoms with Crippen LogP contribution in [-0.4, -0.2) is 15.0 Å². The summed E-state index contributed by atoms with van der Waals surface area (Å²) in [5.41, 5.74) is 12.1. The zero-order valence-corrected chi connectivity index (χ0v) is 28.7. The van der Waals surface area contributed by atoms with E-state index >= 15 is 0 Å². The van der Waals surface area contributed by atoms with Crippen molar-refractivity contribution in [2.45, 2.75) is 0 Å². The molecule has 10 aromatic rings. The molecule has 0 aliphatic carbocycles. The molecule has 0 N–H and O–H groups in total. The molecule has 0 saturated heterocycles. The molecule has 7 aromatic carbocycles. The van der Waals surface area contributed by atoms with Gasteiger partial charge in [0.25, 0.3) is 0 Å². The fourth-order valence-electron chi connectivity index (χ4n) is 6.96. The number of rotatable bonds is 6. The van der Waals surface area contributed by atoms with Crippen LogP contribution in [0.1, 0.15) is 0 Å². The quantitative estimate of drug-likeness (QED) is 0.175. The van der Waals surface area contributed by atoms with Crippen LogP contribution in [-0.2, 0) is 0 Å². The van der Waals surface area contributed by atoms with E-state index in [0.717, 1.165) is 55.9 Å². The summed E-state index contributed by atoms with van der Waals surface area (Å²) in [5.74, 6) is 1.31. The highest BCUT2D eigenvalue weighted by Crippen LogP contribution is 2.42. The van der Waals surface area contributed by atoms with E-state index in [1.807, 2.05) is 36.4 Å². The zero-order valence-electron chi connectivity index (χ0n) is 27.9. The molecule has 3 aromatic heterocycles. The maximum Gasteiger partial charge on any atom is 0.227 e. The van der Waals surface area contributed by atoms with E-state index in [1.54, 1.807) is 11.3 Å². The molecule has 244 valence electrons. The number of oxazole rings is 1. The number of hydrogen-bond acceptors (Lipinski definition) is 5. The summed E-state index contributed by atoms with van der Waals surface area (Å²) in [6, 6.07) is 61.1. The molecule has 0 spiro atoms. The maximum absolute atomic E-state index is 6.13. The van der Waals surface area contributed by atoms with E-state index in [0.29, 0.717) is 11.7 Å². The predicted molar refractivity (Wildman–Crippen MR) is 215 cm³/mol. The monoisotopic (exact) mass is 683 g/mol. The van der Waals surface area contributed by atoms with E-state index in [4.69, 9.17) is 19.4 Å². The highest BCUT2D eigenvalue weighted by molar-refractivity contribution is 7.26. The van der Waals surface area contributed by atoms with Gasteiger partial charge in [0.15, 0.2) is 11.4 Å². The van der Waals surface area contributed by atoms with Gasteiger partial charge in [0, 0.05) is 42.4 Å². The van der Waals surface area contributed by atoms with Gasteiger partial charge in [-0.05, 0) is 64.7 Å². The van der Waals surface area contributed by atoms with Gasteiger partial charge in [-0.1, -0.05) is 133 Å². The largest absolute Gasteiger partial charge is 0.436 e. The Morgan fingerprint density at radius 3 is 1.85 bits per heavy atom. The number of nitrogens with zero attached hydrogens (tertiary/aromatic N) is 3. The Bertz CT molecular complexity index is 2860. The van der Waals surface area contributed by atoms with Crippen LogP contribution in [0.25, 0.3) is 98.9 Å². The van der Waals surface area contributed by atoms with Crippen molar-refractivity contribution in [2.24, 2.45) is 0 Å². The minimum atomic E-state index is 0.627. The van der Waals surface area contributed by atoms with Crippen molar-refractivity contribution in [3.63, 3.8) is 0 Å². The highest BCUT2D eigenvalue weighted by atomic mass is 32.1. The van der Waals surface area contributed by atoms with Gasteiger partial charge >= 0.3 is 0 Å². The summed E-state index contributed by atoms with van der Waals surface area (Å²) in [6.45, 7) is 0. The molecule has 0 radical (unpaired) electrons. The third kappa shape index (κ3) is 5.45. The van der Waals surface area contributed by atoms with Gasteiger partial charge in [0.2, 0.25) is 5.89 Å². The molecule has 5 heteroatoms. The number of para-hydroxylation sites is 2. The Hall–Kier alpha value is -6.69. The Morgan fingerprint density at radius 1 is 0.404 bits per heavy atom. The molecule has 4 nitrogen and oxygen atoms in total. The average Bonchev–Trinajstić information content (AvgIpc) is 3.83. The summed E-state index contributed by atoms with van der Waals surface area (Å²) in [5, 5.41) is 2.36. The number of benzene rings is 7. The van der Waals surface area contributed by atoms with Crippen molar-refractivity contribution in [2.75, 3.05) is 0 Å². The highest BCUT2D eigenvalue weighted by Gasteiger charge is 2.18. The molecule has 0 atom stereocenters. The average molecular weight is 684 g/mol. The second kappa shape index (κ2) is 12.6. The van der Waals surface area contributed by atoms with Crippen molar-refractivity contribution >= 4 is 42.6 Å². The fraction of sp³-hybridized carbons (Fsp3) is 0. The summed E-state index contributed by atoms with van der Waals surface area (Å²) >= 11 is 1.77. The normalized spacial score (nSPS) is 11.5. The van der Waals surface area contributed by atoms with Gasteiger partial charge < -0.3 is 4.42 Å². The Labute approximate surface area is 304 Å². The first-order valence-electron chi connectivity index (χ1n) is 17.3. The van der Waals surface area contributed by atoms with E-state index in [1.165, 1.54) is 31.3 Å². The number of fused-ring (bicyclic) bond motifs is 4. The summed E-state index contributed by atoms with van der Waals surface area (Å²) < 4.78 is 8.49. The topological polar surface area (TPSA) is 51.8 Å². The van der Waals surface area contributed by atoms with Crippen LogP contribution >= 0.6 is 11.3 Å². The van der Waals surface area contributed by atoms with E-state index in [9.17, 15) is 0 Å². The molecule has 0 amide bonds. The van der Waals surface area contributed by atoms with E-state index < -0.39 is 0 Å². The lowest BCUT2D eigenvalue weighted by molar-refractivity contribution is 0.620. The first-order valence-corrected chi connectivity index (χ1v) is 18.1. The minimum absolute atomic E-state index is 0.627. The van der Waals surface area contributed by atoms with Crippen LogP contribution in [0.15, 0.2) is 180 Å². The van der Waals surface area contributed by atoms with Gasteiger partial charge in [-0.15, -0.1) is 11.3 Å². The number of aromatic nitrogens is 3. The van der Waals surface area contributed by atoms with Crippen molar-refractivity contribution in [3.05, 3.63) is 176 Å². The van der Waals surface area contributed by atoms with Crippen LogP contribution in [0.5, 0.6) is 0 Å². The zero-order chi connectivity index (χ0) is 34.4. The SMILES string of the molecule is c1ccc(-c2ccc(-c3cc(-c4cccc5sc6cc(-c7nc8ccccc8o7)ccc6c45)nc(-c4cccc(-c5ccccc5)c4)n3)cc2)cc1. The number of thiophene rings is 1. The van der Waals surface area contributed by atoms with Crippen molar-refractivity contribution < 1.29 is 4.42 Å². The molecule has 3 heterocycles. The van der Waals surface area contributed by atoms with Crippen LogP contribution in [0.2, 0.25) is 0 Å². The van der Waals surface area contributed by atoms with Crippen LogP contribution in [0.3, 0.4) is 0 Å². The van der Waals surface area contributed by atoms with Gasteiger partial charge in [-0.3, -0.25) is 0 Å². The molecular formula is C47H29N3OS. The number of hydrogen-bond donors (Lipinski definition) is 0. The van der Waals surface area contributed by atoms with Crippen molar-refractivity contribution in [1.82, 2.24) is 15.0 Å². The molecule has 0 unspecified atom stereocenters. The van der Waals surface area contributed by atoms with Crippen LogP contribution < -0.4 is 0 Å². The molecule has 10 rings (SSSR count). The standard InChI is InChI=1S/C47H29N3OS/c1-3-11-30(12-4-1)32-21-23-33(24-22-32)40-29-41(49-46(48-40)35-16-9-15-34(27-35)31-13-5-2-6-14-31)37-17-10-20-43-45(37)38-26-25-36(28-44(38)52-43)47-50-39-18-7-8-19-42(39)51-47/h1-29H. The summed E-state index contributed by atoms with van der Waals surface area (Å²) in [7, 11) is 0. The minimum Gasteiger partial charge on any atom is -0.436 e. The smallest absolute Gasteiger partial charge is 0.227 e. The van der Waals surface area contributed by atoms with Gasteiger partial charge in [0.05, 0.1) is 11.4 Å². The third-order valence-corrected chi connectivity index (χ3v) is 10.7. The lowest BCUT2D eigenvalue weighted by atomic mass is 9.99. The van der Waals surface area contributed by atoms with Crippen molar-refractivity contribution in [3.8, 4) is 67.6 Å². The predicted octanol–water partition coefficient (Wildman–Crippen LogP) is 13.0. The molecule has 0 bridgehead atoms. The lowest BCUT2D eigenvalue weighted by Gasteiger charge is -2.12. The second-order valence-electron chi connectivity index (χ2n) is 12.8. The molecule has 0 saturated carbocycles. The summed E-state index contributed by atoms with van der Waals surface area (Å²) in [4.78, 5) is 15.3. The molecule has 0 aliphatic rings. The Kier molecular flexibility index (Phi) is 7.29. The molecular weight excluding hydrogens is 655 g/mol. The fourth-order valence-corrected chi connectivity index (χ4v) is 8.13. The lowest BCUT2D eigenvalue weighted by Crippen LogP contribution is -1.96. The first kappa shape index (κ1) is 30.2. The van der Waals surface area contributed by atoms with Crippen molar-refractivity contribution in [1.29, 1.82) is 0 Å². The van der Waals surface area contributed by atoms with Gasteiger partial charge in [-0.2, -0.15) is 0 Å². The van der Waals surface area contributed by atoms with Gasteiger partial charge in [-0.25, -0.2) is 15.0 Å². The van der Waals surface area contributed by atoms with Gasteiger partial charge in [0.1, 0.15) is 5.52 Å².